The number of sulfonamides is 1. The zero-order chi connectivity index (χ0) is 12.6. The minimum absolute atomic E-state index is 0.222. The van der Waals surface area contributed by atoms with Gasteiger partial charge in [-0.1, -0.05) is 6.92 Å². The molecule has 2 N–H and O–H groups in total. The average molecular weight is 274 g/mol. The molecular formula is C11H18N2O2S2. The molecule has 4 nitrogen and oxygen atoms in total. The van der Waals surface area contributed by atoms with Crippen molar-refractivity contribution >= 4 is 21.4 Å². The molecule has 1 fully saturated rings. The second-order valence-electron chi connectivity index (χ2n) is 4.59. The van der Waals surface area contributed by atoms with Crippen molar-refractivity contribution in [3.8, 4) is 0 Å². The third-order valence-corrected chi connectivity index (χ3v) is 6.60. The molecule has 0 bridgehead atoms. The summed E-state index contributed by atoms with van der Waals surface area (Å²) in [6.07, 6.45) is 1.49. The van der Waals surface area contributed by atoms with E-state index in [9.17, 15) is 8.42 Å². The summed E-state index contributed by atoms with van der Waals surface area (Å²) in [7, 11) is -3.40. The van der Waals surface area contributed by atoms with Crippen LogP contribution in [0.25, 0.3) is 0 Å². The van der Waals surface area contributed by atoms with E-state index in [-0.39, 0.29) is 5.92 Å². The molecule has 0 saturated carbocycles. The molecular weight excluding hydrogens is 256 g/mol. The summed E-state index contributed by atoms with van der Waals surface area (Å²) in [5.74, 6) is 0.222. The number of piperidine rings is 1. The van der Waals surface area contributed by atoms with E-state index in [1.807, 2.05) is 19.9 Å². The van der Waals surface area contributed by atoms with E-state index < -0.39 is 16.2 Å². The number of thiophene rings is 1. The summed E-state index contributed by atoms with van der Waals surface area (Å²) >= 11 is 1.31. The predicted molar refractivity (Wildman–Crippen MR) is 69.3 cm³/mol. The Hall–Kier alpha value is -0.430. The van der Waals surface area contributed by atoms with Gasteiger partial charge in [-0.2, -0.15) is 4.31 Å². The van der Waals surface area contributed by atoms with Crippen molar-refractivity contribution in [1.29, 1.82) is 0 Å². The van der Waals surface area contributed by atoms with Crippen molar-refractivity contribution in [3.63, 3.8) is 0 Å². The van der Waals surface area contributed by atoms with Crippen molar-refractivity contribution in [3.05, 3.63) is 17.0 Å². The first kappa shape index (κ1) is 13.0. The first-order chi connectivity index (χ1) is 7.93. The van der Waals surface area contributed by atoms with Crippen LogP contribution in [-0.4, -0.2) is 25.4 Å². The highest BCUT2D eigenvalue weighted by Crippen LogP contribution is 2.29. The lowest BCUT2D eigenvalue weighted by atomic mass is 9.99. The van der Waals surface area contributed by atoms with Gasteiger partial charge in [0.1, 0.15) is 4.21 Å². The van der Waals surface area contributed by atoms with Crippen LogP contribution in [-0.2, 0) is 10.0 Å². The smallest absolute Gasteiger partial charge is 0.253 e. The molecule has 0 spiro atoms. The second-order valence-corrected chi connectivity index (χ2v) is 8.00. The van der Waals surface area contributed by atoms with Gasteiger partial charge >= 0.3 is 0 Å². The number of rotatable bonds is 2. The van der Waals surface area contributed by atoms with Crippen LogP contribution in [0.2, 0.25) is 0 Å². The summed E-state index contributed by atoms with van der Waals surface area (Å²) in [6, 6.07) is 3.50. The fourth-order valence-corrected chi connectivity index (χ4v) is 5.18. The van der Waals surface area contributed by atoms with Crippen LogP contribution in [0, 0.1) is 12.8 Å². The van der Waals surface area contributed by atoms with Gasteiger partial charge in [-0.25, -0.2) is 8.42 Å². The van der Waals surface area contributed by atoms with Crippen LogP contribution in [0.1, 0.15) is 24.6 Å². The van der Waals surface area contributed by atoms with Gasteiger partial charge in [0.25, 0.3) is 10.0 Å². The molecule has 0 radical (unpaired) electrons. The molecule has 17 heavy (non-hydrogen) atoms. The maximum atomic E-state index is 12.4. The first-order valence-electron chi connectivity index (χ1n) is 5.77. The molecule has 0 aromatic carbocycles. The van der Waals surface area contributed by atoms with E-state index >= 15 is 0 Å². The highest BCUT2D eigenvalue weighted by molar-refractivity contribution is 7.91. The lowest BCUT2D eigenvalue weighted by Crippen LogP contribution is -2.52. The van der Waals surface area contributed by atoms with Crippen molar-refractivity contribution in [2.24, 2.45) is 11.7 Å². The highest BCUT2D eigenvalue weighted by Gasteiger charge is 2.35. The molecule has 2 unspecified atom stereocenters. The summed E-state index contributed by atoms with van der Waals surface area (Å²) in [6.45, 7) is 4.44. The standard InChI is InChI=1S/C11H18N2O2S2/c1-8-4-3-7-13(11(8)12)17(14,15)10-6-5-9(2)16-10/h5-6,8,11H,3-4,7,12H2,1-2H3. The Bertz CT molecular complexity index is 495. The van der Waals surface area contributed by atoms with Crippen LogP contribution in [0.3, 0.4) is 0 Å². The molecule has 1 aromatic heterocycles. The fraction of sp³-hybridized carbons (Fsp3) is 0.636. The van der Waals surface area contributed by atoms with Gasteiger partial charge in [-0.3, -0.25) is 0 Å². The van der Waals surface area contributed by atoms with Crippen LogP contribution < -0.4 is 5.73 Å². The van der Waals surface area contributed by atoms with Crippen molar-refractivity contribution in [2.75, 3.05) is 6.54 Å². The lowest BCUT2D eigenvalue weighted by Gasteiger charge is -2.36. The largest absolute Gasteiger partial charge is 0.315 e. The number of nitrogens with two attached hydrogens (primary N) is 1. The van der Waals surface area contributed by atoms with Crippen molar-refractivity contribution in [2.45, 2.75) is 37.1 Å². The Labute approximate surface area is 106 Å². The summed E-state index contributed by atoms with van der Waals surface area (Å²) in [5.41, 5.74) is 6.00. The molecule has 2 heterocycles. The fourth-order valence-electron chi connectivity index (χ4n) is 2.12. The van der Waals surface area contributed by atoms with Crippen LogP contribution in [0.4, 0.5) is 0 Å². The van der Waals surface area contributed by atoms with Crippen LogP contribution in [0.5, 0.6) is 0 Å². The van der Waals surface area contributed by atoms with E-state index in [4.69, 9.17) is 5.73 Å². The second kappa shape index (κ2) is 4.68. The van der Waals surface area contributed by atoms with E-state index in [0.717, 1.165) is 17.7 Å². The Kier molecular flexibility index (Phi) is 3.58. The first-order valence-corrected chi connectivity index (χ1v) is 8.02. The molecule has 0 amide bonds. The Morgan fingerprint density at radius 2 is 2.18 bits per heavy atom. The minimum Gasteiger partial charge on any atom is -0.315 e. The van der Waals surface area contributed by atoms with Crippen molar-refractivity contribution < 1.29 is 8.42 Å². The summed E-state index contributed by atoms with van der Waals surface area (Å²) in [4.78, 5) is 1.00. The van der Waals surface area contributed by atoms with E-state index in [1.165, 1.54) is 15.6 Å². The topological polar surface area (TPSA) is 63.4 Å². The zero-order valence-electron chi connectivity index (χ0n) is 10.1. The minimum atomic E-state index is -3.40. The molecule has 0 aliphatic carbocycles. The van der Waals surface area contributed by atoms with Gasteiger partial charge in [0.15, 0.2) is 0 Å². The molecule has 96 valence electrons. The van der Waals surface area contributed by atoms with Crippen LogP contribution >= 0.6 is 11.3 Å². The molecule has 1 aliphatic rings. The van der Waals surface area contributed by atoms with Gasteiger partial charge in [0.05, 0.1) is 6.17 Å². The molecule has 6 heteroatoms. The third kappa shape index (κ3) is 2.40. The monoisotopic (exact) mass is 274 g/mol. The van der Waals surface area contributed by atoms with Gasteiger partial charge in [0, 0.05) is 11.4 Å². The summed E-state index contributed by atoms with van der Waals surface area (Å²) < 4.78 is 26.7. The Morgan fingerprint density at radius 1 is 1.47 bits per heavy atom. The van der Waals surface area contributed by atoms with Crippen LogP contribution in [0.15, 0.2) is 16.3 Å². The average Bonchev–Trinajstić information content (AvgIpc) is 2.69. The van der Waals surface area contributed by atoms with E-state index in [2.05, 4.69) is 0 Å². The normalized spacial score (nSPS) is 27.2. The van der Waals surface area contributed by atoms with Gasteiger partial charge < -0.3 is 5.73 Å². The molecule has 2 atom stereocenters. The van der Waals surface area contributed by atoms with Gasteiger partial charge in [-0.05, 0) is 37.8 Å². The molecule has 1 aromatic rings. The molecule has 1 saturated heterocycles. The third-order valence-electron chi connectivity index (χ3n) is 3.23. The number of hydrogen-bond acceptors (Lipinski definition) is 4. The van der Waals surface area contributed by atoms with Crippen molar-refractivity contribution in [1.82, 2.24) is 4.31 Å². The Balaban J connectivity index is 2.32. The van der Waals surface area contributed by atoms with Gasteiger partial charge in [0.2, 0.25) is 0 Å². The number of aryl methyl sites for hydroxylation is 1. The summed E-state index contributed by atoms with van der Waals surface area (Å²) in [5, 5.41) is 0. The highest BCUT2D eigenvalue weighted by atomic mass is 32.2. The molecule has 2 rings (SSSR count). The van der Waals surface area contributed by atoms with E-state index in [0.29, 0.717) is 10.8 Å². The molecule has 1 aliphatic heterocycles. The lowest BCUT2D eigenvalue weighted by molar-refractivity contribution is 0.192. The maximum absolute atomic E-state index is 12.4. The van der Waals surface area contributed by atoms with E-state index in [1.54, 1.807) is 6.07 Å². The number of hydrogen-bond donors (Lipinski definition) is 1. The Morgan fingerprint density at radius 3 is 2.76 bits per heavy atom. The maximum Gasteiger partial charge on any atom is 0.253 e. The predicted octanol–water partition coefficient (Wildman–Crippen LogP) is 1.76. The zero-order valence-corrected chi connectivity index (χ0v) is 11.7. The number of nitrogens with zero attached hydrogens (tertiary/aromatic N) is 1. The van der Waals surface area contributed by atoms with Gasteiger partial charge in [-0.15, -0.1) is 11.3 Å². The quantitative estimate of drug-likeness (QED) is 0.894. The SMILES string of the molecule is Cc1ccc(S(=O)(=O)N2CCCC(C)C2N)s1.